The van der Waals surface area contributed by atoms with Gasteiger partial charge in [0.05, 0.1) is 58.7 Å². The molecule has 2 aliphatic heterocycles. The number of amides is 2. The highest BCUT2D eigenvalue weighted by molar-refractivity contribution is 7.89. The van der Waals surface area contributed by atoms with Crippen molar-refractivity contribution in [3.05, 3.63) is 60.2 Å². The number of methoxy groups -OCH3 is 5. The molecule has 1 fully saturated rings. The van der Waals surface area contributed by atoms with E-state index in [4.69, 9.17) is 28.7 Å². The number of ether oxygens (including phenoxy) is 5. The average molecular weight is 778 g/mol. The second-order valence-electron chi connectivity index (χ2n) is 13.3. The molecular weight excluding hydrogens is 731 g/mol. The molecule has 55 heavy (non-hydrogen) atoms. The Morgan fingerprint density at radius 2 is 1.60 bits per heavy atom. The second-order valence-corrected chi connectivity index (χ2v) is 15.3. The van der Waals surface area contributed by atoms with Crippen molar-refractivity contribution >= 4 is 38.6 Å². The van der Waals surface area contributed by atoms with E-state index >= 15 is 0 Å². The number of anilines is 1. The van der Waals surface area contributed by atoms with Crippen molar-refractivity contribution < 1.29 is 41.7 Å². The molecule has 0 aliphatic carbocycles. The predicted molar refractivity (Wildman–Crippen MR) is 204 cm³/mol. The molecule has 0 spiro atoms. The smallest absolute Gasteiger partial charge is 0.274 e. The number of sulfonamides is 1. The lowest BCUT2D eigenvalue weighted by atomic mass is 9.97. The van der Waals surface area contributed by atoms with Crippen molar-refractivity contribution in [2.75, 3.05) is 79.7 Å². The van der Waals surface area contributed by atoms with Gasteiger partial charge in [0.25, 0.3) is 5.91 Å². The summed E-state index contributed by atoms with van der Waals surface area (Å²) in [5.41, 5.74) is 1.35. The van der Waals surface area contributed by atoms with E-state index in [1.54, 1.807) is 19.2 Å². The van der Waals surface area contributed by atoms with Gasteiger partial charge >= 0.3 is 0 Å². The molecule has 0 radical (unpaired) electrons. The van der Waals surface area contributed by atoms with Gasteiger partial charge in [0.15, 0.2) is 23.0 Å². The minimum atomic E-state index is -4.16. The average Bonchev–Trinajstić information content (AvgIpc) is 3.21. The quantitative estimate of drug-likeness (QED) is 0.276. The fourth-order valence-corrected chi connectivity index (χ4v) is 8.61. The van der Waals surface area contributed by atoms with Gasteiger partial charge in [-0.1, -0.05) is 0 Å². The molecule has 4 aromatic rings. The van der Waals surface area contributed by atoms with Gasteiger partial charge in [-0.05, 0) is 49.8 Å². The number of pyridine rings is 1. The topological polar surface area (TPSA) is 175 Å². The first-order valence-electron chi connectivity index (χ1n) is 18.0. The van der Waals surface area contributed by atoms with Crippen LogP contribution < -0.4 is 33.9 Å². The van der Waals surface area contributed by atoms with Crippen LogP contribution in [0.2, 0.25) is 0 Å². The third-order valence-corrected chi connectivity index (χ3v) is 11.8. The van der Waals surface area contributed by atoms with Crippen LogP contribution in [0.15, 0.2) is 53.8 Å². The Morgan fingerprint density at radius 3 is 2.31 bits per heavy atom. The zero-order chi connectivity index (χ0) is 39.1. The summed E-state index contributed by atoms with van der Waals surface area (Å²) >= 11 is 0. The van der Waals surface area contributed by atoms with Crippen molar-refractivity contribution in [1.29, 1.82) is 0 Å². The number of hydrogen-bond acceptors (Lipinski definition) is 13. The lowest BCUT2D eigenvalue weighted by Crippen LogP contribution is -2.46. The van der Waals surface area contributed by atoms with E-state index in [-0.39, 0.29) is 54.3 Å². The maximum Gasteiger partial charge on any atom is 0.274 e. The molecule has 294 valence electrons. The second kappa shape index (κ2) is 17.4. The summed E-state index contributed by atoms with van der Waals surface area (Å²) in [6, 6.07) is 8.19. The summed E-state index contributed by atoms with van der Waals surface area (Å²) < 4.78 is 58.8. The van der Waals surface area contributed by atoms with Gasteiger partial charge in [0.1, 0.15) is 11.5 Å². The van der Waals surface area contributed by atoms with Gasteiger partial charge in [-0.25, -0.2) is 18.4 Å². The zero-order valence-electron chi connectivity index (χ0n) is 31.7. The van der Waals surface area contributed by atoms with Crippen LogP contribution in [0, 0.1) is 5.92 Å². The van der Waals surface area contributed by atoms with Crippen LogP contribution in [0.1, 0.15) is 41.7 Å². The molecule has 16 nitrogen and oxygen atoms in total. The third-order valence-electron chi connectivity index (χ3n) is 9.91. The van der Waals surface area contributed by atoms with E-state index in [0.29, 0.717) is 77.8 Å². The van der Waals surface area contributed by atoms with E-state index in [0.717, 1.165) is 12.8 Å². The fraction of sp³-hybridized carbons (Fsp3) is 0.447. The summed E-state index contributed by atoms with van der Waals surface area (Å²) in [4.78, 5) is 43.8. The Kier molecular flexibility index (Phi) is 12.4. The van der Waals surface area contributed by atoms with E-state index < -0.39 is 15.9 Å². The van der Waals surface area contributed by atoms with Gasteiger partial charge < -0.3 is 38.8 Å². The molecule has 1 unspecified atom stereocenters. The van der Waals surface area contributed by atoms with Gasteiger partial charge in [-0.15, -0.1) is 0 Å². The lowest BCUT2D eigenvalue weighted by molar-refractivity contribution is -0.122. The van der Waals surface area contributed by atoms with Crippen molar-refractivity contribution in [2.45, 2.75) is 37.1 Å². The maximum absolute atomic E-state index is 14.7. The van der Waals surface area contributed by atoms with Crippen LogP contribution >= 0.6 is 0 Å². The largest absolute Gasteiger partial charge is 0.493 e. The summed E-state index contributed by atoms with van der Waals surface area (Å²) in [5.74, 6) is 1.85. The highest BCUT2D eigenvalue weighted by Gasteiger charge is 2.31. The highest BCUT2D eigenvalue weighted by atomic mass is 32.2. The van der Waals surface area contributed by atoms with E-state index in [1.165, 1.54) is 68.4 Å². The molecule has 17 heteroatoms. The SMILES string of the molecule is COc1ccc(S(=O)(=O)N2CCCCN(C(=O)c3cnccn3)CC(=O)NCC3CCCN(C3)c3nc4cc(OC)c(OC)c(OC)c4cc3C2)cc1OC. The van der Waals surface area contributed by atoms with E-state index in [1.807, 2.05) is 6.07 Å². The van der Waals surface area contributed by atoms with Crippen LogP contribution in [-0.2, 0) is 21.4 Å². The Balaban J connectivity index is 1.47. The number of rotatable bonds is 8. The molecule has 1 N–H and O–H groups in total. The first-order chi connectivity index (χ1) is 26.6. The number of nitrogens with one attached hydrogen (secondary N) is 1. The van der Waals surface area contributed by atoms with Gasteiger partial charge in [0.2, 0.25) is 21.7 Å². The van der Waals surface area contributed by atoms with Gasteiger partial charge in [0, 0.05) is 74.7 Å². The summed E-state index contributed by atoms with van der Waals surface area (Å²) in [7, 11) is 3.37. The molecule has 1 saturated heterocycles. The number of carbonyl (C=O) groups excluding carboxylic acids is 2. The molecule has 0 saturated carbocycles. The number of hydrogen-bond donors (Lipinski definition) is 1. The number of carbonyl (C=O) groups is 2. The van der Waals surface area contributed by atoms with Crippen LogP contribution in [0.25, 0.3) is 10.9 Å². The minimum Gasteiger partial charge on any atom is -0.493 e. The lowest BCUT2D eigenvalue weighted by Gasteiger charge is -2.36. The number of aromatic nitrogens is 3. The Hall–Kier alpha value is -5.42. The van der Waals surface area contributed by atoms with E-state index in [2.05, 4.69) is 20.2 Å². The van der Waals surface area contributed by atoms with Crippen molar-refractivity contribution in [1.82, 2.24) is 29.5 Å². The number of benzene rings is 2. The van der Waals surface area contributed by atoms with Gasteiger partial charge in [-0.3, -0.25) is 14.6 Å². The van der Waals surface area contributed by atoms with Crippen LogP contribution in [0.3, 0.4) is 0 Å². The molecule has 2 aromatic carbocycles. The standard InChI is InChI=1S/C38H47N7O9S/c1-50-31-11-10-27(18-32(31)51-2)55(48,49)45-16-7-6-14-44(38(47)30-21-39-12-13-40-30)24-34(46)41-20-25-9-8-15-43(22-25)37-26(23-45)17-28-29(42-37)19-33(52-3)36(54-5)35(28)53-4/h10-13,17-19,21,25H,6-9,14-16,20,22-24H2,1-5H3,(H,41,46). The molecule has 2 amide bonds. The normalized spacial score (nSPS) is 17.5. The predicted octanol–water partition coefficient (Wildman–Crippen LogP) is 3.53. The van der Waals surface area contributed by atoms with Crippen LogP contribution in [-0.4, -0.2) is 119 Å². The maximum atomic E-state index is 14.7. The molecule has 2 bridgehead atoms. The zero-order valence-corrected chi connectivity index (χ0v) is 32.6. The van der Waals surface area contributed by atoms with Gasteiger partial charge in [-0.2, -0.15) is 4.31 Å². The Bertz CT molecular complexity index is 2120. The molecule has 1 atom stereocenters. The van der Waals surface area contributed by atoms with Crippen molar-refractivity contribution in [2.24, 2.45) is 5.92 Å². The van der Waals surface area contributed by atoms with Crippen molar-refractivity contribution in [3.8, 4) is 28.7 Å². The Morgan fingerprint density at radius 1 is 0.836 bits per heavy atom. The summed E-state index contributed by atoms with van der Waals surface area (Å²) in [6.45, 7) is 1.68. The third kappa shape index (κ3) is 8.47. The van der Waals surface area contributed by atoms with E-state index in [9.17, 15) is 18.0 Å². The number of piperidine rings is 1. The molecule has 2 aliphatic rings. The summed E-state index contributed by atoms with van der Waals surface area (Å²) in [5, 5.41) is 3.67. The van der Waals surface area contributed by atoms with Crippen LogP contribution in [0.4, 0.5) is 5.82 Å². The highest BCUT2D eigenvalue weighted by Crippen LogP contribution is 2.44. The fourth-order valence-electron chi connectivity index (χ4n) is 7.14. The minimum absolute atomic E-state index is 0.0213. The van der Waals surface area contributed by atoms with Crippen LogP contribution in [0.5, 0.6) is 28.7 Å². The summed E-state index contributed by atoms with van der Waals surface area (Å²) in [6.07, 6.45) is 6.69. The molecule has 6 rings (SSSR count). The molecule has 2 aromatic heterocycles. The number of fused-ring (bicyclic) bond motifs is 5. The number of nitrogens with zero attached hydrogens (tertiary/aromatic N) is 6. The first kappa shape index (κ1) is 39.3. The monoisotopic (exact) mass is 777 g/mol. The molecular formula is C38H47N7O9S. The Labute approximate surface area is 320 Å². The van der Waals surface area contributed by atoms with Crippen molar-refractivity contribution in [3.63, 3.8) is 0 Å². The first-order valence-corrected chi connectivity index (χ1v) is 19.5. The molecule has 4 heterocycles.